The Morgan fingerprint density at radius 2 is 1.53 bits per heavy atom. The number of hydrogen-bond donors (Lipinski definition) is 0. The fourth-order valence-corrected chi connectivity index (χ4v) is 1.80. The van der Waals surface area contributed by atoms with Gasteiger partial charge in [0, 0.05) is 11.1 Å². The van der Waals surface area contributed by atoms with Gasteiger partial charge in [0.25, 0.3) is 0 Å². The third-order valence-corrected chi connectivity index (χ3v) is 2.85. The van der Waals surface area contributed by atoms with Gasteiger partial charge in [0.1, 0.15) is 0 Å². The molecule has 1 nitrogen and oxygen atoms in total. The number of rotatable bonds is 3. The van der Waals surface area contributed by atoms with Crippen molar-refractivity contribution in [2.75, 3.05) is 0 Å². The van der Waals surface area contributed by atoms with E-state index >= 15 is 0 Å². The molecule has 0 aromatic heterocycles. The summed E-state index contributed by atoms with van der Waals surface area (Å²) in [5.41, 5.74) is 2.71. The fourth-order valence-electron chi connectivity index (χ4n) is 1.80. The molecule has 0 amide bonds. The Morgan fingerprint density at radius 3 is 2.18 bits per heavy atom. The highest BCUT2D eigenvalue weighted by atomic mass is 16.1. The zero-order valence-electron chi connectivity index (χ0n) is 10.2. The second-order valence-corrected chi connectivity index (χ2v) is 4.48. The average Bonchev–Trinajstić information content (AvgIpc) is 2.39. The van der Waals surface area contributed by atoms with Crippen LogP contribution in [0.1, 0.15) is 41.3 Å². The first-order valence-corrected chi connectivity index (χ1v) is 5.88. The second kappa shape index (κ2) is 4.96. The van der Waals surface area contributed by atoms with E-state index < -0.39 is 0 Å². The van der Waals surface area contributed by atoms with Crippen LogP contribution in [-0.4, -0.2) is 5.78 Å². The van der Waals surface area contributed by atoms with Crippen LogP contribution in [-0.2, 0) is 0 Å². The van der Waals surface area contributed by atoms with Crippen molar-refractivity contribution in [3.63, 3.8) is 0 Å². The normalized spacial score (nSPS) is 10.5. The van der Waals surface area contributed by atoms with Crippen molar-refractivity contribution >= 4 is 5.78 Å². The number of ketones is 1. The smallest absolute Gasteiger partial charge is 0.193 e. The summed E-state index contributed by atoms with van der Waals surface area (Å²) in [6.45, 7) is 4.26. The van der Waals surface area contributed by atoms with Gasteiger partial charge in [-0.3, -0.25) is 4.79 Å². The van der Waals surface area contributed by atoms with Crippen molar-refractivity contribution in [3.8, 4) is 0 Å². The number of hydrogen-bond acceptors (Lipinski definition) is 1. The largest absolute Gasteiger partial charge is 0.289 e. The quantitative estimate of drug-likeness (QED) is 0.719. The molecule has 0 N–H and O–H groups in total. The van der Waals surface area contributed by atoms with Crippen molar-refractivity contribution in [1.82, 2.24) is 0 Å². The van der Waals surface area contributed by atoms with E-state index in [1.165, 1.54) is 5.56 Å². The molecule has 1 heteroatoms. The molecule has 0 radical (unpaired) electrons. The summed E-state index contributed by atoms with van der Waals surface area (Å²) in [6, 6.07) is 17.3. The van der Waals surface area contributed by atoms with Crippen molar-refractivity contribution in [2.45, 2.75) is 19.8 Å². The highest BCUT2D eigenvalue weighted by Crippen LogP contribution is 2.17. The SMILES string of the molecule is CC(C)c1cccc(C(=O)c2ccccc2)c1. The van der Waals surface area contributed by atoms with Crippen molar-refractivity contribution in [2.24, 2.45) is 0 Å². The van der Waals surface area contributed by atoms with Gasteiger partial charge in [0.15, 0.2) is 5.78 Å². The summed E-state index contributed by atoms with van der Waals surface area (Å²) < 4.78 is 0. The topological polar surface area (TPSA) is 17.1 Å². The lowest BCUT2D eigenvalue weighted by atomic mass is 9.97. The maximum Gasteiger partial charge on any atom is 0.193 e. The van der Waals surface area contributed by atoms with E-state index in [2.05, 4.69) is 19.9 Å². The van der Waals surface area contributed by atoms with Crippen molar-refractivity contribution in [1.29, 1.82) is 0 Å². The van der Waals surface area contributed by atoms with Gasteiger partial charge >= 0.3 is 0 Å². The molecule has 0 atom stereocenters. The zero-order valence-corrected chi connectivity index (χ0v) is 10.2. The molecular formula is C16H16O. The van der Waals surface area contributed by atoms with Crippen molar-refractivity contribution in [3.05, 3.63) is 71.3 Å². The standard InChI is InChI=1S/C16H16O/c1-12(2)14-9-6-10-15(11-14)16(17)13-7-4-3-5-8-13/h3-12H,1-2H3. The van der Waals surface area contributed by atoms with E-state index in [-0.39, 0.29) is 5.78 Å². The van der Waals surface area contributed by atoms with E-state index in [4.69, 9.17) is 0 Å². The molecular weight excluding hydrogens is 208 g/mol. The molecule has 2 aromatic carbocycles. The van der Waals surface area contributed by atoms with Crippen LogP contribution in [0.15, 0.2) is 54.6 Å². The first-order chi connectivity index (χ1) is 8.18. The molecule has 0 bridgehead atoms. The summed E-state index contributed by atoms with van der Waals surface area (Å²) in [6.07, 6.45) is 0. The minimum Gasteiger partial charge on any atom is -0.289 e. The third-order valence-electron chi connectivity index (χ3n) is 2.85. The van der Waals surface area contributed by atoms with Gasteiger partial charge in [-0.2, -0.15) is 0 Å². The molecule has 86 valence electrons. The van der Waals surface area contributed by atoms with Crippen LogP contribution in [0.4, 0.5) is 0 Å². The van der Waals surface area contributed by atoms with Gasteiger partial charge in [0.2, 0.25) is 0 Å². The van der Waals surface area contributed by atoms with Crippen LogP contribution in [0, 0.1) is 0 Å². The highest BCUT2D eigenvalue weighted by Gasteiger charge is 2.09. The van der Waals surface area contributed by atoms with E-state index in [9.17, 15) is 4.79 Å². The maximum absolute atomic E-state index is 12.2. The second-order valence-electron chi connectivity index (χ2n) is 4.48. The van der Waals surface area contributed by atoms with Gasteiger partial charge in [-0.25, -0.2) is 0 Å². The van der Waals surface area contributed by atoms with Gasteiger partial charge in [-0.05, 0) is 17.5 Å². The molecule has 17 heavy (non-hydrogen) atoms. The van der Waals surface area contributed by atoms with Gasteiger partial charge in [-0.1, -0.05) is 62.4 Å². The number of carbonyl (C=O) groups excluding carboxylic acids is 1. The first-order valence-electron chi connectivity index (χ1n) is 5.88. The molecule has 0 aliphatic heterocycles. The number of benzene rings is 2. The fraction of sp³-hybridized carbons (Fsp3) is 0.188. The minimum absolute atomic E-state index is 0.0908. The molecule has 0 unspecified atom stereocenters. The lowest BCUT2D eigenvalue weighted by molar-refractivity contribution is 0.103. The van der Waals surface area contributed by atoms with Crippen molar-refractivity contribution < 1.29 is 4.79 Å². The van der Waals surface area contributed by atoms with Crippen LogP contribution in [0.3, 0.4) is 0 Å². The lowest BCUT2D eigenvalue weighted by Gasteiger charge is -2.07. The van der Waals surface area contributed by atoms with Crippen LogP contribution >= 0.6 is 0 Å². The van der Waals surface area contributed by atoms with Gasteiger partial charge in [0.05, 0.1) is 0 Å². The van der Waals surface area contributed by atoms with Crippen LogP contribution in [0.5, 0.6) is 0 Å². The number of carbonyl (C=O) groups is 1. The summed E-state index contributed by atoms with van der Waals surface area (Å²) in [4.78, 5) is 12.2. The molecule has 0 heterocycles. The third kappa shape index (κ3) is 2.62. The Bertz CT molecular complexity index is 512. The monoisotopic (exact) mass is 224 g/mol. The van der Waals surface area contributed by atoms with E-state index in [0.717, 1.165) is 11.1 Å². The predicted molar refractivity (Wildman–Crippen MR) is 70.4 cm³/mol. The Morgan fingerprint density at radius 1 is 0.882 bits per heavy atom. The van der Waals surface area contributed by atoms with Gasteiger partial charge < -0.3 is 0 Å². The van der Waals surface area contributed by atoms with Crippen LogP contribution in [0.25, 0.3) is 0 Å². The lowest BCUT2D eigenvalue weighted by Crippen LogP contribution is -2.02. The predicted octanol–water partition coefficient (Wildman–Crippen LogP) is 4.04. The van der Waals surface area contributed by atoms with E-state index in [1.807, 2.05) is 48.5 Å². The summed E-state index contributed by atoms with van der Waals surface area (Å²) in [7, 11) is 0. The summed E-state index contributed by atoms with van der Waals surface area (Å²) in [5.74, 6) is 0.534. The molecule has 2 aromatic rings. The molecule has 0 saturated carbocycles. The Hall–Kier alpha value is -1.89. The van der Waals surface area contributed by atoms with Crippen LogP contribution < -0.4 is 0 Å². The van der Waals surface area contributed by atoms with E-state index in [0.29, 0.717) is 5.92 Å². The first kappa shape index (κ1) is 11.6. The minimum atomic E-state index is 0.0908. The van der Waals surface area contributed by atoms with Gasteiger partial charge in [-0.15, -0.1) is 0 Å². The summed E-state index contributed by atoms with van der Waals surface area (Å²) in [5, 5.41) is 0. The Kier molecular flexibility index (Phi) is 3.38. The molecule has 0 aliphatic carbocycles. The molecule has 0 fully saturated rings. The van der Waals surface area contributed by atoms with Crippen LogP contribution in [0.2, 0.25) is 0 Å². The highest BCUT2D eigenvalue weighted by molar-refractivity contribution is 6.09. The molecule has 2 rings (SSSR count). The molecule has 0 spiro atoms. The Balaban J connectivity index is 2.35. The summed E-state index contributed by atoms with van der Waals surface area (Å²) >= 11 is 0. The Labute approximate surface area is 102 Å². The molecule has 0 saturated heterocycles. The zero-order chi connectivity index (χ0) is 12.3. The van der Waals surface area contributed by atoms with E-state index in [1.54, 1.807) is 0 Å². The molecule has 0 aliphatic rings. The maximum atomic E-state index is 12.2. The average molecular weight is 224 g/mol.